The van der Waals surface area contributed by atoms with Gasteiger partial charge < -0.3 is 16.2 Å². The Morgan fingerprint density at radius 1 is 1.54 bits per heavy atom. The molecule has 0 unspecified atom stereocenters. The van der Waals surface area contributed by atoms with Crippen molar-refractivity contribution in [2.24, 2.45) is 0 Å². The van der Waals surface area contributed by atoms with Crippen molar-refractivity contribution in [1.29, 1.82) is 0 Å². The number of carboxylic acids is 1. The fourth-order valence-corrected chi connectivity index (χ4v) is 1.17. The van der Waals surface area contributed by atoms with Gasteiger partial charge in [0.1, 0.15) is 0 Å². The van der Waals surface area contributed by atoms with Gasteiger partial charge in [0.25, 0.3) is 0 Å². The monoisotopic (exact) mass is 180 g/mol. The predicted octanol–water partition coefficient (Wildman–Crippen LogP) is 1.32. The van der Waals surface area contributed by atoms with Crippen LogP contribution in [-0.2, 0) is 0 Å². The van der Waals surface area contributed by atoms with E-state index in [1.54, 1.807) is 20.0 Å². The van der Waals surface area contributed by atoms with Crippen LogP contribution in [0.4, 0.5) is 11.4 Å². The second-order valence-electron chi connectivity index (χ2n) is 2.81. The van der Waals surface area contributed by atoms with E-state index in [1.165, 1.54) is 6.07 Å². The molecule has 1 aromatic carbocycles. The molecule has 70 valence electrons. The lowest BCUT2D eigenvalue weighted by Crippen LogP contribution is -2.04. The van der Waals surface area contributed by atoms with Crippen LogP contribution in [0, 0.1) is 6.92 Å². The molecule has 0 amide bonds. The average Bonchev–Trinajstić information content (AvgIpc) is 2.07. The van der Waals surface area contributed by atoms with E-state index in [1.807, 2.05) is 0 Å². The highest BCUT2D eigenvalue weighted by atomic mass is 16.4. The molecule has 0 bridgehead atoms. The zero-order valence-electron chi connectivity index (χ0n) is 7.59. The Bertz CT molecular complexity index is 348. The number of benzene rings is 1. The Balaban J connectivity index is 3.28. The van der Waals surface area contributed by atoms with Crippen LogP contribution in [0.25, 0.3) is 0 Å². The van der Waals surface area contributed by atoms with E-state index in [0.717, 1.165) is 5.69 Å². The molecular weight excluding hydrogens is 168 g/mol. The summed E-state index contributed by atoms with van der Waals surface area (Å²) in [5, 5.41) is 11.7. The second kappa shape index (κ2) is 3.35. The van der Waals surface area contributed by atoms with Crippen molar-refractivity contribution < 1.29 is 9.90 Å². The summed E-state index contributed by atoms with van der Waals surface area (Å²) in [5.41, 5.74) is 7.76. The fourth-order valence-electron chi connectivity index (χ4n) is 1.17. The van der Waals surface area contributed by atoms with E-state index in [-0.39, 0.29) is 5.56 Å². The number of hydrogen-bond acceptors (Lipinski definition) is 3. The fraction of sp³-hybridized carbons (Fsp3) is 0.222. The van der Waals surface area contributed by atoms with E-state index in [2.05, 4.69) is 5.32 Å². The van der Waals surface area contributed by atoms with Crippen molar-refractivity contribution in [3.8, 4) is 0 Å². The van der Waals surface area contributed by atoms with Crippen molar-refractivity contribution in [3.05, 3.63) is 23.3 Å². The molecule has 4 N–H and O–H groups in total. The first-order valence-electron chi connectivity index (χ1n) is 3.87. The number of aromatic carboxylic acids is 1. The van der Waals surface area contributed by atoms with Crippen LogP contribution >= 0.6 is 0 Å². The first-order chi connectivity index (χ1) is 6.06. The third-order valence-electron chi connectivity index (χ3n) is 1.90. The van der Waals surface area contributed by atoms with Crippen molar-refractivity contribution >= 4 is 17.3 Å². The van der Waals surface area contributed by atoms with Gasteiger partial charge in [-0.2, -0.15) is 0 Å². The molecule has 0 aliphatic rings. The topological polar surface area (TPSA) is 75.3 Å². The minimum absolute atomic E-state index is 0.247. The van der Waals surface area contributed by atoms with Gasteiger partial charge in [-0.1, -0.05) is 0 Å². The Morgan fingerprint density at radius 3 is 2.62 bits per heavy atom. The summed E-state index contributed by atoms with van der Waals surface area (Å²) >= 11 is 0. The normalized spacial score (nSPS) is 9.69. The van der Waals surface area contributed by atoms with E-state index in [4.69, 9.17) is 10.8 Å². The molecule has 4 heteroatoms. The van der Waals surface area contributed by atoms with Gasteiger partial charge in [-0.3, -0.25) is 0 Å². The number of nitrogens with two attached hydrogens (primary N) is 1. The Morgan fingerprint density at radius 2 is 2.15 bits per heavy atom. The van der Waals surface area contributed by atoms with E-state index in [0.29, 0.717) is 11.3 Å². The standard InChI is InChI=1S/C9H12N2O2/c1-5-3-8(11-2)7(10)4-6(5)9(12)13/h3-4,11H,10H2,1-2H3,(H,12,13). The Kier molecular flexibility index (Phi) is 2.41. The van der Waals surface area contributed by atoms with Crippen molar-refractivity contribution in [1.82, 2.24) is 0 Å². The largest absolute Gasteiger partial charge is 0.478 e. The van der Waals surface area contributed by atoms with Crippen LogP contribution in [0.15, 0.2) is 12.1 Å². The highest BCUT2D eigenvalue weighted by Gasteiger charge is 2.09. The summed E-state index contributed by atoms with van der Waals surface area (Å²) in [5.74, 6) is -0.952. The molecule has 0 aliphatic heterocycles. The molecule has 1 aromatic rings. The summed E-state index contributed by atoms with van der Waals surface area (Å²) in [6.07, 6.45) is 0. The summed E-state index contributed by atoms with van der Waals surface area (Å²) < 4.78 is 0. The molecule has 0 saturated carbocycles. The quantitative estimate of drug-likeness (QED) is 0.600. The molecule has 0 aromatic heterocycles. The van der Waals surface area contributed by atoms with Gasteiger partial charge in [0.15, 0.2) is 0 Å². The number of anilines is 2. The van der Waals surface area contributed by atoms with Gasteiger partial charge in [0.05, 0.1) is 16.9 Å². The van der Waals surface area contributed by atoms with Crippen LogP contribution in [0.5, 0.6) is 0 Å². The molecule has 4 nitrogen and oxygen atoms in total. The summed E-state index contributed by atoms with van der Waals surface area (Å²) in [6, 6.07) is 3.18. The van der Waals surface area contributed by atoms with Gasteiger partial charge in [-0.25, -0.2) is 4.79 Å². The average molecular weight is 180 g/mol. The molecule has 0 fully saturated rings. The lowest BCUT2D eigenvalue weighted by Gasteiger charge is -2.08. The highest BCUT2D eigenvalue weighted by Crippen LogP contribution is 2.22. The number of carbonyl (C=O) groups is 1. The SMILES string of the molecule is CNc1cc(C)c(C(=O)O)cc1N. The van der Waals surface area contributed by atoms with Crippen LogP contribution in [-0.4, -0.2) is 18.1 Å². The third-order valence-corrected chi connectivity index (χ3v) is 1.90. The Labute approximate surface area is 76.4 Å². The van der Waals surface area contributed by atoms with E-state index in [9.17, 15) is 4.79 Å². The zero-order valence-corrected chi connectivity index (χ0v) is 7.59. The molecular formula is C9H12N2O2. The summed E-state index contributed by atoms with van der Waals surface area (Å²) in [4.78, 5) is 10.7. The summed E-state index contributed by atoms with van der Waals surface area (Å²) in [7, 11) is 1.74. The molecule has 13 heavy (non-hydrogen) atoms. The van der Waals surface area contributed by atoms with Crippen LogP contribution in [0.2, 0.25) is 0 Å². The number of nitrogen functional groups attached to an aromatic ring is 1. The van der Waals surface area contributed by atoms with Gasteiger partial charge in [0.2, 0.25) is 0 Å². The number of carboxylic acid groups (broad SMARTS) is 1. The van der Waals surface area contributed by atoms with Gasteiger partial charge in [-0.05, 0) is 24.6 Å². The smallest absolute Gasteiger partial charge is 0.336 e. The van der Waals surface area contributed by atoms with Crippen molar-refractivity contribution in [3.63, 3.8) is 0 Å². The molecule has 0 heterocycles. The van der Waals surface area contributed by atoms with Crippen LogP contribution in [0.3, 0.4) is 0 Å². The third kappa shape index (κ3) is 1.72. The summed E-state index contributed by atoms with van der Waals surface area (Å²) in [6.45, 7) is 1.74. The lowest BCUT2D eigenvalue weighted by atomic mass is 10.1. The van der Waals surface area contributed by atoms with Gasteiger partial charge in [-0.15, -0.1) is 0 Å². The predicted molar refractivity (Wildman–Crippen MR) is 52.1 cm³/mol. The molecule has 0 atom stereocenters. The number of nitrogens with one attached hydrogen (secondary N) is 1. The molecule has 0 radical (unpaired) electrons. The van der Waals surface area contributed by atoms with Gasteiger partial charge >= 0.3 is 5.97 Å². The lowest BCUT2D eigenvalue weighted by molar-refractivity contribution is 0.0696. The van der Waals surface area contributed by atoms with Crippen molar-refractivity contribution in [2.45, 2.75) is 6.92 Å². The zero-order chi connectivity index (χ0) is 10.0. The molecule has 0 saturated heterocycles. The van der Waals surface area contributed by atoms with E-state index >= 15 is 0 Å². The molecule has 0 spiro atoms. The van der Waals surface area contributed by atoms with Gasteiger partial charge in [0, 0.05) is 7.05 Å². The second-order valence-corrected chi connectivity index (χ2v) is 2.81. The number of hydrogen-bond donors (Lipinski definition) is 3. The molecule has 0 aliphatic carbocycles. The Hall–Kier alpha value is -1.71. The maximum absolute atomic E-state index is 10.7. The first-order valence-corrected chi connectivity index (χ1v) is 3.87. The highest BCUT2D eigenvalue weighted by molar-refractivity contribution is 5.92. The maximum atomic E-state index is 10.7. The van der Waals surface area contributed by atoms with Crippen LogP contribution in [0.1, 0.15) is 15.9 Å². The minimum atomic E-state index is -0.952. The number of rotatable bonds is 2. The minimum Gasteiger partial charge on any atom is -0.478 e. The maximum Gasteiger partial charge on any atom is 0.336 e. The molecule has 1 rings (SSSR count). The van der Waals surface area contributed by atoms with E-state index < -0.39 is 5.97 Å². The first kappa shape index (κ1) is 9.38. The van der Waals surface area contributed by atoms with Crippen LogP contribution < -0.4 is 11.1 Å². The number of aryl methyl sites for hydroxylation is 1. The van der Waals surface area contributed by atoms with Crippen molar-refractivity contribution in [2.75, 3.05) is 18.1 Å².